The number of nitrogens with zero attached hydrogens (tertiary/aromatic N) is 2. The van der Waals surface area contributed by atoms with Gasteiger partial charge < -0.3 is 4.90 Å². The van der Waals surface area contributed by atoms with Gasteiger partial charge in [0.2, 0.25) is 5.91 Å². The van der Waals surface area contributed by atoms with Crippen LogP contribution in [0.4, 0.5) is 0 Å². The van der Waals surface area contributed by atoms with Crippen molar-refractivity contribution in [2.45, 2.75) is 64.6 Å². The van der Waals surface area contributed by atoms with E-state index < -0.39 is 0 Å². The number of β-lactam (4-membered cyclic amide) rings is 1. The molecule has 16 heavy (non-hydrogen) atoms. The molecule has 0 bridgehead atoms. The van der Waals surface area contributed by atoms with Gasteiger partial charge in [-0.15, -0.1) is 0 Å². The second-order valence-electron chi connectivity index (χ2n) is 6.24. The van der Waals surface area contributed by atoms with Crippen molar-refractivity contribution >= 4 is 5.91 Å². The highest BCUT2D eigenvalue weighted by molar-refractivity contribution is 5.83. The SMILES string of the molecule is C[C@H]1CC(=O)N1C1CCN(C(C)(C)C)CC1. The van der Waals surface area contributed by atoms with Crippen molar-refractivity contribution in [2.75, 3.05) is 13.1 Å². The monoisotopic (exact) mass is 224 g/mol. The summed E-state index contributed by atoms with van der Waals surface area (Å²) in [5.74, 6) is 0.363. The molecule has 0 N–H and O–H groups in total. The van der Waals surface area contributed by atoms with Crippen LogP contribution in [-0.4, -0.2) is 46.4 Å². The van der Waals surface area contributed by atoms with Crippen LogP contribution in [0.15, 0.2) is 0 Å². The first-order valence-corrected chi connectivity index (χ1v) is 6.46. The first-order chi connectivity index (χ1) is 7.39. The summed E-state index contributed by atoms with van der Waals surface area (Å²) in [4.78, 5) is 16.2. The predicted octanol–water partition coefficient (Wildman–Crippen LogP) is 1.87. The Labute approximate surface area is 98.8 Å². The first kappa shape index (κ1) is 11.9. The van der Waals surface area contributed by atoms with Crippen molar-refractivity contribution in [1.29, 1.82) is 0 Å². The minimum Gasteiger partial charge on any atom is -0.336 e. The first-order valence-electron chi connectivity index (χ1n) is 6.46. The van der Waals surface area contributed by atoms with Crippen molar-refractivity contribution in [3.8, 4) is 0 Å². The van der Waals surface area contributed by atoms with Gasteiger partial charge in [0, 0.05) is 37.1 Å². The summed E-state index contributed by atoms with van der Waals surface area (Å²) in [5, 5.41) is 0. The second kappa shape index (κ2) is 4.02. The van der Waals surface area contributed by atoms with E-state index in [1.165, 1.54) is 0 Å². The molecule has 1 amide bonds. The standard InChI is InChI=1S/C13H24N2O/c1-10-9-12(16)15(10)11-5-7-14(8-6-11)13(2,3)4/h10-11H,5-9H2,1-4H3/t10-/m0/s1. The van der Waals surface area contributed by atoms with E-state index >= 15 is 0 Å². The van der Waals surface area contributed by atoms with Crippen LogP contribution in [0.5, 0.6) is 0 Å². The summed E-state index contributed by atoms with van der Waals surface area (Å²) in [5.41, 5.74) is 0.273. The lowest BCUT2D eigenvalue weighted by molar-refractivity contribution is -0.150. The Kier molecular flexibility index (Phi) is 2.99. The van der Waals surface area contributed by atoms with Crippen LogP contribution in [0.1, 0.15) is 47.0 Å². The molecule has 2 rings (SSSR count). The van der Waals surface area contributed by atoms with E-state index in [2.05, 4.69) is 37.5 Å². The van der Waals surface area contributed by atoms with Crippen LogP contribution >= 0.6 is 0 Å². The van der Waals surface area contributed by atoms with Gasteiger partial charge in [-0.3, -0.25) is 9.69 Å². The molecule has 2 fully saturated rings. The maximum Gasteiger partial charge on any atom is 0.225 e. The number of carbonyl (C=O) groups excluding carboxylic acids is 1. The highest BCUT2D eigenvalue weighted by Crippen LogP contribution is 2.29. The van der Waals surface area contributed by atoms with Crippen LogP contribution < -0.4 is 0 Å². The maximum atomic E-state index is 11.5. The Bertz CT molecular complexity index is 274. The average molecular weight is 224 g/mol. The van der Waals surface area contributed by atoms with Crippen LogP contribution in [-0.2, 0) is 4.79 Å². The molecular formula is C13H24N2O. The molecule has 1 atom stereocenters. The van der Waals surface area contributed by atoms with E-state index in [0.29, 0.717) is 18.0 Å². The third-order valence-electron chi connectivity index (χ3n) is 4.04. The van der Waals surface area contributed by atoms with Crippen molar-refractivity contribution in [3.63, 3.8) is 0 Å². The second-order valence-corrected chi connectivity index (χ2v) is 6.24. The number of amides is 1. The van der Waals surface area contributed by atoms with Crippen LogP contribution in [0.2, 0.25) is 0 Å². The molecule has 0 aliphatic carbocycles. The van der Waals surface area contributed by atoms with Crippen molar-refractivity contribution in [2.24, 2.45) is 0 Å². The molecule has 0 aromatic rings. The molecule has 2 aliphatic heterocycles. The Morgan fingerprint density at radius 1 is 1.19 bits per heavy atom. The van der Waals surface area contributed by atoms with Crippen LogP contribution in [0.3, 0.4) is 0 Å². The number of piperidine rings is 1. The van der Waals surface area contributed by atoms with E-state index in [9.17, 15) is 4.79 Å². The van der Waals surface area contributed by atoms with Gasteiger partial charge in [0.05, 0.1) is 0 Å². The molecule has 3 heteroatoms. The zero-order chi connectivity index (χ0) is 11.9. The lowest BCUT2D eigenvalue weighted by Crippen LogP contribution is -2.59. The van der Waals surface area contributed by atoms with Gasteiger partial charge in [0.15, 0.2) is 0 Å². The molecule has 0 unspecified atom stereocenters. The fourth-order valence-electron chi connectivity index (χ4n) is 2.97. The number of hydrogen-bond acceptors (Lipinski definition) is 2. The molecule has 0 spiro atoms. The topological polar surface area (TPSA) is 23.6 Å². The molecule has 0 aromatic heterocycles. The number of rotatable bonds is 1. The van der Waals surface area contributed by atoms with E-state index in [1.807, 2.05) is 0 Å². The Hall–Kier alpha value is -0.570. The predicted molar refractivity (Wildman–Crippen MR) is 65.3 cm³/mol. The smallest absolute Gasteiger partial charge is 0.225 e. The van der Waals surface area contributed by atoms with Gasteiger partial charge in [-0.25, -0.2) is 0 Å². The average Bonchev–Trinajstić information content (AvgIpc) is 2.16. The molecular weight excluding hydrogens is 200 g/mol. The van der Waals surface area contributed by atoms with Gasteiger partial charge in [-0.05, 0) is 40.5 Å². The van der Waals surface area contributed by atoms with Gasteiger partial charge in [0.25, 0.3) is 0 Å². The minimum absolute atomic E-state index is 0.273. The van der Waals surface area contributed by atoms with Crippen LogP contribution in [0.25, 0.3) is 0 Å². The number of carbonyl (C=O) groups is 1. The largest absolute Gasteiger partial charge is 0.336 e. The normalized spacial score (nSPS) is 29.4. The molecule has 2 heterocycles. The molecule has 0 radical (unpaired) electrons. The van der Waals surface area contributed by atoms with Crippen molar-refractivity contribution < 1.29 is 4.79 Å². The number of hydrogen-bond donors (Lipinski definition) is 0. The van der Waals surface area contributed by atoms with Gasteiger partial charge in [0.1, 0.15) is 0 Å². The van der Waals surface area contributed by atoms with Gasteiger partial charge in [-0.2, -0.15) is 0 Å². The lowest BCUT2D eigenvalue weighted by Gasteiger charge is -2.49. The molecule has 0 saturated carbocycles. The number of likely N-dealkylation sites (tertiary alicyclic amines) is 2. The molecule has 92 valence electrons. The highest BCUT2D eigenvalue weighted by Gasteiger charge is 2.39. The van der Waals surface area contributed by atoms with E-state index in [0.717, 1.165) is 32.4 Å². The van der Waals surface area contributed by atoms with E-state index in [4.69, 9.17) is 0 Å². The summed E-state index contributed by atoms with van der Waals surface area (Å²) in [7, 11) is 0. The summed E-state index contributed by atoms with van der Waals surface area (Å²) < 4.78 is 0. The van der Waals surface area contributed by atoms with Crippen molar-refractivity contribution in [1.82, 2.24) is 9.80 Å². The fraction of sp³-hybridized carbons (Fsp3) is 0.923. The van der Waals surface area contributed by atoms with E-state index in [-0.39, 0.29) is 5.54 Å². The summed E-state index contributed by atoms with van der Waals surface area (Å²) in [6.45, 7) is 11.2. The summed E-state index contributed by atoms with van der Waals surface area (Å²) >= 11 is 0. The highest BCUT2D eigenvalue weighted by atomic mass is 16.2. The summed E-state index contributed by atoms with van der Waals surface area (Å²) in [6.07, 6.45) is 3.06. The quantitative estimate of drug-likeness (QED) is 0.635. The van der Waals surface area contributed by atoms with Gasteiger partial charge in [-0.1, -0.05) is 0 Å². The third-order valence-corrected chi connectivity index (χ3v) is 4.04. The van der Waals surface area contributed by atoms with Crippen molar-refractivity contribution in [3.05, 3.63) is 0 Å². The van der Waals surface area contributed by atoms with Gasteiger partial charge >= 0.3 is 0 Å². The zero-order valence-corrected chi connectivity index (χ0v) is 11.0. The molecule has 2 aliphatic rings. The van der Waals surface area contributed by atoms with E-state index in [1.54, 1.807) is 0 Å². The fourth-order valence-corrected chi connectivity index (χ4v) is 2.97. The maximum absolute atomic E-state index is 11.5. The lowest BCUT2D eigenvalue weighted by atomic mass is 9.92. The Balaban J connectivity index is 1.88. The van der Waals surface area contributed by atoms with Crippen LogP contribution in [0, 0.1) is 0 Å². The Morgan fingerprint density at radius 3 is 2.12 bits per heavy atom. The third kappa shape index (κ3) is 2.10. The molecule has 3 nitrogen and oxygen atoms in total. The summed E-state index contributed by atoms with van der Waals surface area (Å²) in [6, 6.07) is 0.994. The molecule has 0 aromatic carbocycles. The Morgan fingerprint density at radius 2 is 1.75 bits per heavy atom. The minimum atomic E-state index is 0.273. The molecule has 2 saturated heterocycles. The zero-order valence-electron chi connectivity index (χ0n) is 11.0.